The van der Waals surface area contributed by atoms with Gasteiger partial charge in [0.1, 0.15) is 5.82 Å². The van der Waals surface area contributed by atoms with E-state index in [1.165, 1.54) is 24.3 Å². The Hall–Kier alpha value is -2.71. The van der Waals surface area contributed by atoms with Gasteiger partial charge in [0.05, 0.1) is 9.95 Å². The van der Waals surface area contributed by atoms with Crippen LogP contribution in [-0.2, 0) is 11.3 Å². The van der Waals surface area contributed by atoms with Crippen molar-refractivity contribution >= 4 is 23.2 Å². The highest BCUT2D eigenvalue weighted by atomic mass is 35.5. The van der Waals surface area contributed by atoms with Gasteiger partial charge in [0.25, 0.3) is 5.91 Å². The molecule has 31 heavy (non-hydrogen) atoms. The number of nitro groups is 1. The number of aryl methyl sites for hydroxylation is 1. The summed E-state index contributed by atoms with van der Waals surface area (Å²) in [7, 11) is 0. The third kappa shape index (κ3) is 5.51. The first-order valence-corrected chi connectivity index (χ1v) is 10.4. The van der Waals surface area contributed by atoms with E-state index in [-0.39, 0.29) is 46.9 Å². The molecule has 1 saturated heterocycles. The Bertz CT molecular complexity index is 970. The smallest absolute Gasteiger partial charge is 0.312 e. The van der Waals surface area contributed by atoms with Crippen molar-refractivity contribution in [3.63, 3.8) is 0 Å². The van der Waals surface area contributed by atoms with Crippen LogP contribution in [0.4, 0.5) is 10.1 Å². The Morgan fingerprint density at radius 3 is 2.55 bits per heavy atom. The second-order valence-corrected chi connectivity index (χ2v) is 8.32. The topological polar surface area (TPSA) is 75.9 Å². The molecule has 2 aromatic rings. The first-order chi connectivity index (χ1) is 14.7. The molecule has 2 unspecified atom stereocenters. The number of piperazine rings is 1. The van der Waals surface area contributed by atoms with Gasteiger partial charge in [-0.3, -0.25) is 19.8 Å². The summed E-state index contributed by atoms with van der Waals surface area (Å²) in [6.45, 7) is 7.24. The normalized spacial score (nSPS) is 19.3. The maximum atomic E-state index is 13.1. The number of carbonyl (C=O) groups is 1. The summed E-state index contributed by atoms with van der Waals surface area (Å²) >= 11 is 5.97. The fraction of sp³-hybridized carbons (Fsp3) is 0.409. The number of nitro benzene ring substituents is 1. The number of rotatable bonds is 6. The zero-order valence-corrected chi connectivity index (χ0v) is 18.4. The van der Waals surface area contributed by atoms with Gasteiger partial charge in [-0.25, -0.2) is 4.39 Å². The molecule has 1 fully saturated rings. The van der Waals surface area contributed by atoms with Crippen LogP contribution in [0.1, 0.15) is 25.0 Å². The highest BCUT2D eigenvalue weighted by molar-refractivity contribution is 6.31. The van der Waals surface area contributed by atoms with E-state index in [1.807, 2.05) is 13.8 Å². The monoisotopic (exact) mass is 449 g/mol. The van der Waals surface area contributed by atoms with E-state index in [1.54, 1.807) is 24.0 Å². The molecule has 0 aliphatic carbocycles. The lowest BCUT2D eigenvalue weighted by Gasteiger charge is -2.44. The van der Waals surface area contributed by atoms with Crippen LogP contribution in [-0.4, -0.2) is 52.4 Å². The van der Waals surface area contributed by atoms with Crippen molar-refractivity contribution in [3.8, 4) is 5.75 Å². The molecule has 0 saturated carbocycles. The molecule has 1 aliphatic rings. The van der Waals surface area contributed by atoms with Crippen LogP contribution in [0.2, 0.25) is 5.02 Å². The number of carbonyl (C=O) groups excluding carboxylic acids is 1. The molecule has 3 rings (SSSR count). The fourth-order valence-electron chi connectivity index (χ4n) is 3.72. The van der Waals surface area contributed by atoms with Crippen molar-refractivity contribution in [3.05, 3.63) is 68.5 Å². The molecule has 2 aromatic carbocycles. The lowest BCUT2D eigenvalue weighted by atomic mass is 10.1. The molecular weight excluding hydrogens is 425 g/mol. The predicted octanol–water partition coefficient (Wildman–Crippen LogP) is 4.20. The maximum absolute atomic E-state index is 13.1. The second kappa shape index (κ2) is 9.62. The zero-order valence-electron chi connectivity index (χ0n) is 17.7. The molecule has 0 N–H and O–H groups in total. The summed E-state index contributed by atoms with van der Waals surface area (Å²) in [6, 6.07) is 9.15. The average Bonchev–Trinajstić information content (AvgIpc) is 2.72. The van der Waals surface area contributed by atoms with Gasteiger partial charge in [-0.05, 0) is 50.1 Å². The SMILES string of the molecule is Cc1cc(OCC(=O)N2CC(C)N(Cc3ccc(F)cc3)CC2C)c([N+](=O)[O-])cc1Cl. The predicted molar refractivity (Wildman–Crippen MR) is 116 cm³/mol. The highest BCUT2D eigenvalue weighted by Gasteiger charge is 2.32. The van der Waals surface area contributed by atoms with E-state index in [0.717, 1.165) is 5.56 Å². The molecule has 1 amide bonds. The summed E-state index contributed by atoms with van der Waals surface area (Å²) < 4.78 is 18.7. The molecule has 0 bridgehead atoms. The van der Waals surface area contributed by atoms with Gasteiger partial charge in [0.2, 0.25) is 0 Å². The number of hydrogen-bond acceptors (Lipinski definition) is 5. The van der Waals surface area contributed by atoms with Crippen LogP contribution >= 0.6 is 11.6 Å². The lowest BCUT2D eigenvalue weighted by molar-refractivity contribution is -0.385. The van der Waals surface area contributed by atoms with E-state index in [0.29, 0.717) is 25.2 Å². The van der Waals surface area contributed by atoms with E-state index < -0.39 is 4.92 Å². The molecule has 0 aromatic heterocycles. The molecule has 7 nitrogen and oxygen atoms in total. The molecular formula is C22H25ClFN3O4. The van der Waals surface area contributed by atoms with Crippen molar-refractivity contribution in [2.45, 2.75) is 39.4 Å². The molecule has 0 radical (unpaired) electrons. The van der Waals surface area contributed by atoms with Crippen LogP contribution in [0.5, 0.6) is 5.75 Å². The highest BCUT2D eigenvalue weighted by Crippen LogP contribution is 2.33. The van der Waals surface area contributed by atoms with Gasteiger partial charge < -0.3 is 9.64 Å². The summed E-state index contributed by atoms with van der Waals surface area (Å²) in [5.74, 6) is -0.477. The standard InChI is InChI=1S/C22H25ClFN3O4/c1-14-8-21(20(27(29)30)9-19(14)23)31-13-22(28)26-11-15(2)25(10-16(26)3)12-17-4-6-18(24)7-5-17/h4-9,15-16H,10-13H2,1-3H3. The minimum absolute atomic E-state index is 0.0240. The van der Waals surface area contributed by atoms with E-state index in [4.69, 9.17) is 16.3 Å². The van der Waals surface area contributed by atoms with Crippen LogP contribution < -0.4 is 4.74 Å². The van der Waals surface area contributed by atoms with Gasteiger partial charge in [-0.15, -0.1) is 0 Å². The Labute approximate surface area is 185 Å². The van der Waals surface area contributed by atoms with Crippen molar-refractivity contribution in [1.82, 2.24) is 9.80 Å². The summed E-state index contributed by atoms with van der Waals surface area (Å²) in [5, 5.41) is 11.5. The quantitative estimate of drug-likeness (QED) is 0.488. The van der Waals surface area contributed by atoms with Crippen LogP contribution in [0.15, 0.2) is 36.4 Å². The third-order valence-corrected chi connectivity index (χ3v) is 5.93. The number of benzene rings is 2. The van der Waals surface area contributed by atoms with Gasteiger partial charge in [-0.2, -0.15) is 0 Å². The first kappa shape index (κ1) is 23.0. The Morgan fingerprint density at radius 1 is 1.23 bits per heavy atom. The third-order valence-electron chi connectivity index (χ3n) is 5.52. The summed E-state index contributed by atoms with van der Waals surface area (Å²) in [5.41, 5.74) is 1.37. The minimum atomic E-state index is -0.579. The van der Waals surface area contributed by atoms with Crippen molar-refractivity contribution in [1.29, 1.82) is 0 Å². The van der Waals surface area contributed by atoms with Crippen molar-refractivity contribution < 1.29 is 18.8 Å². The van der Waals surface area contributed by atoms with Crippen molar-refractivity contribution in [2.75, 3.05) is 19.7 Å². The number of ether oxygens (including phenoxy) is 1. The molecule has 166 valence electrons. The minimum Gasteiger partial charge on any atom is -0.477 e. The Balaban J connectivity index is 1.62. The van der Waals surface area contributed by atoms with Gasteiger partial charge in [-0.1, -0.05) is 23.7 Å². The molecule has 0 spiro atoms. The van der Waals surface area contributed by atoms with Crippen LogP contribution in [0, 0.1) is 22.9 Å². The van der Waals surface area contributed by atoms with E-state index in [2.05, 4.69) is 4.90 Å². The average molecular weight is 450 g/mol. The number of hydrogen-bond donors (Lipinski definition) is 0. The maximum Gasteiger partial charge on any atom is 0.312 e. The number of amides is 1. The largest absolute Gasteiger partial charge is 0.477 e. The number of nitrogens with zero attached hydrogens (tertiary/aromatic N) is 3. The summed E-state index contributed by atoms with van der Waals surface area (Å²) in [4.78, 5) is 27.5. The van der Waals surface area contributed by atoms with Gasteiger partial charge in [0, 0.05) is 37.8 Å². The Kier molecular flexibility index (Phi) is 7.12. The van der Waals surface area contributed by atoms with E-state index >= 15 is 0 Å². The summed E-state index contributed by atoms with van der Waals surface area (Å²) in [6.07, 6.45) is 0. The van der Waals surface area contributed by atoms with Gasteiger partial charge in [0.15, 0.2) is 12.4 Å². The van der Waals surface area contributed by atoms with Crippen molar-refractivity contribution in [2.24, 2.45) is 0 Å². The molecule has 1 aliphatic heterocycles. The van der Waals surface area contributed by atoms with E-state index in [9.17, 15) is 19.3 Å². The molecule has 9 heteroatoms. The van der Waals surface area contributed by atoms with Crippen LogP contribution in [0.3, 0.4) is 0 Å². The van der Waals surface area contributed by atoms with Crippen LogP contribution in [0.25, 0.3) is 0 Å². The zero-order chi connectivity index (χ0) is 22.7. The Morgan fingerprint density at radius 2 is 1.90 bits per heavy atom. The molecule has 2 atom stereocenters. The number of halogens is 2. The lowest BCUT2D eigenvalue weighted by Crippen LogP contribution is -2.58. The van der Waals surface area contributed by atoms with Gasteiger partial charge >= 0.3 is 5.69 Å². The second-order valence-electron chi connectivity index (χ2n) is 7.91. The fourth-order valence-corrected chi connectivity index (χ4v) is 3.87. The first-order valence-electron chi connectivity index (χ1n) is 10.0. The molecule has 1 heterocycles.